The van der Waals surface area contributed by atoms with E-state index in [2.05, 4.69) is 15.0 Å². The number of aromatic nitrogens is 3. The van der Waals surface area contributed by atoms with Gasteiger partial charge in [0.05, 0.1) is 11.0 Å². The summed E-state index contributed by atoms with van der Waals surface area (Å²) in [7, 11) is 0. The zero-order valence-electron chi connectivity index (χ0n) is 13.2. The molecule has 0 aliphatic carbocycles. The first-order chi connectivity index (χ1) is 11.8. The van der Waals surface area contributed by atoms with Crippen molar-refractivity contribution in [2.24, 2.45) is 0 Å². The fraction of sp³-hybridized carbons (Fsp3) is 0.235. The molecule has 0 atom stereocenters. The topological polar surface area (TPSA) is 67.9 Å². The van der Waals surface area contributed by atoms with Crippen molar-refractivity contribution < 1.29 is 22.7 Å². The molecule has 0 aliphatic heterocycles. The Morgan fingerprint density at radius 2 is 2.04 bits per heavy atom. The third-order valence-electron chi connectivity index (χ3n) is 3.56. The summed E-state index contributed by atoms with van der Waals surface area (Å²) >= 11 is 0. The monoisotopic (exact) mass is 349 g/mol. The zero-order chi connectivity index (χ0) is 18.0. The number of carbonyl (C=O) groups is 1. The normalized spacial score (nSPS) is 11.7. The summed E-state index contributed by atoms with van der Waals surface area (Å²) in [6.07, 6.45) is -2.34. The van der Waals surface area contributed by atoms with Crippen LogP contribution in [0.25, 0.3) is 22.2 Å². The van der Waals surface area contributed by atoms with Crippen LogP contribution in [0.5, 0.6) is 0 Å². The molecule has 5 nitrogen and oxygen atoms in total. The number of aromatic amines is 1. The molecule has 3 aromatic rings. The van der Waals surface area contributed by atoms with E-state index in [0.717, 1.165) is 0 Å². The number of hydrogen-bond acceptors (Lipinski definition) is 4. The van der Waals surface area contributed by atoms with E-state index in [1.54, 1.807) is 36.7 Å². The van der Waals surface area contributed by atoms with Crippen LogP contribution < -0.4 is 0 Å². The van der Waals surface area contributed by atoms with E-state index < -0.39 is 18.6 Å². The summed E-state index contributed by atoms with van der Waals surface area (Å²) in [5, 5.41) is 0. The van der Waals surface area contributed by atoms with Crippen LogP contribution in [-0.2, 0) is 22.6 Å². The van der Waals surface area contributed by atoms with Gasteiger partial charge in [-0.3, -0.25) is 9.78 Å². The first-order valence-electron chi connectivity index (χ1n) is 7.44. The molecule has 0 saturated carbocycles. The molecular formula is C17H14F3N3O2. The highest BCUT2D eigenvalue weighted by Gasteiger charge is 2.29. The van der Waals surface area contributed by atoms with E-state index in [4.69, 9.17) is 4.74 Å². The van der Waals surface area contributed by atoms with Crippen molar-refractivity contribution in [2.75, 3.05) is 0 Å². The minimum atomic E-state index is -4.34. The molecule has 1 N–H and O–H groups in total. The predicted octanol–water partition coefficient (Wildman–Crippen LogP) is 3.79. The third kappa shape index (κ3) is 3.96. The van der Waals surface area contributed by atoms with Gasteiger partial charge in [-0.2, -0.15) is 13.2 Å². The van der Waals surface area contributed by atoms with Crippen molar-refractivity contribution in [3.05, 3.63) is 48.0 Å². The molecule has 2 heterocycles. The summed E-state index contributed by atoms with van der Waals surface area (Å²) in [5.41, 5.74) is 2.88. The molecule has 0 spiro atoms. The molecular weight excluding hydrogens is 335 g/mol. The fourth-order valence-electron chi connectivity index (χ4n) is 2.55. The van der Waals surface area contributed by atoms with Crippen molar-refractivity contribution in [3.63, 3.8) is 0 Å². The second kappa shape index (κ2) is 6.54. The van der Waals surface area contributed by atoms with Crippen LogP contribution in [-0.4, -0.2) is 27.1 Å². The number of nitrogens with one attached hydrogen (secondary N) is 1. The largest absolute Gasteiger partial charge is 0.461 e. The van der Waals surface area contributed by atoms with Crippen molar-refractivity contribution >= 4 is 17.0 Å². The van der Waals surface area contributed by atoms with Gasteiger partial charge in [0.1, 0.15) is 18.9 Å². The lowest BCUT2D eigenvalue weighted by atomic mass is 10.0. The molecule has 8 heteroatoms. The number of fused-ring (bicyclic) bond motifs is 1. The predicted molar refractivity (Wildman–Crippen MR) is 84.6 cm³/mol. The first-order valence-corrected chi connectivity index (χ1v) is 7.44. The molecule has 2 aromatic heterocycles. The lowest BCUT2D eigenvalue weighted by Gasteiger charge is -2.09. The van der Waals surface area contributed by atoms with Gasteiger partial charge in [0.15, 0.2) is 0 Å². The van der Waals surface area contributed by atoms with Gasteiger partial charge in [-0.15, -0.1) is 0 Å². The highest BCUT2D eigenvalue weighted by Crippen LogP contribution is 2.31. The third-order valence-corrected chi connectivity index (χ3v) is 3.56. The van der Waals surface area contributed by atoms with Crippen LogP contribution in [0, 0.1) is 0 Å². The van der Waals surface area contributed by atoms with Crippen molar-refractivity contribution in [3.8, 4) is 11.1 Å². The number of halogens is 3. The molecule has 1 aromatic carbocycles. The van der Waals surface area contributed by atoms with Crippen LogP contribution in [0.1, 0.15) is 18.3 Å². The summed E-state index contributed by atoms with van der Waals surface area (Å²) in [6, 6.07) is 6.82. The van der Waals surface area contributed by atoms with Crippen LogP contribution in [0.4, 0.5) is 13.2 Å². The van der Waals surface area contributed by atoms with Gasteiger partial charge in [0.25, 0.3) is 0 Å². The second-order valence-electron chi connectivity index (χ2n) is 5.49. The first kappa shape index (κ1) is 16.9. The van der Waals surface area contributed by atoms with Crippen molar-refractivity contribution in [1.82, 2.24) is 15.0 Å². The van der Waals surface area contributed by atoms with Gasteiger partial charge in [-0.25, -0.2) is 4.98 Å². The number of carbonyl (C=O) groups excluding carboxylic acids is 1. The van der Waals surface area contributed by atoms with E-state index >= 15 is 0 Å². The number of benzene rings is 1. The number of H-pyrrole nitrogens is 1. The van der Waals surface area contributed by atoms with E-state index in [-0.39, 0.29) is 12.4 Å². The molecule has 0 radical (unpaired) electrons. The summed E-state index contributed by atoms with van der Waals surface area (Å²) in [4.78, 5) is 21.9. The SMILES string of the molecule is CC(=O)OCc1ccncc1-c1cccc2[nH]c(CC(F)(F)F)nc12. The van der Waals surface area contributed by atoms with E-state index in [1.807, 2.05) is 0 Å². The highest BCUT2D eigenvalue weighted by atomic mass is 19.4. The summed E-state index contributed by atoms with van der Waals surface area (Å²) in [5.74, 6) is -0.575. The molecule has 3 rings (SSSR count). The maximum absolute atomic E-state index is 12.6. The molecule has 0 aliphatic rings. The van der Waals surface area contributed by atoms with E-state index in [0.29, 0.717) is 27.7 Å². The van der Waals surface area contributed by atoms with Crippen LogP contribution in [0.2, 0.25) is 0 Å². The number of esters is 1. The smallest absolute Gasteiger partial charge is 0.396 e. The lowest BCUT2D eigenvalue weighted by Crippen LogP contribution is -2.12. The number of imidazole rings is 1. The van der Waals surface area contributed by atoms with Gasteiger partial charge >= 0.3 is 12.1 Å². The number of pyridine rings is 1. The number of ether oxygens (including phenoxy) is 1. The molecule has 0 fully saturated rings. The van der Waals surface area contributed by atoms with Crippen LogP contribution in [0.15, 0.2) is 36.7 Å². The van der Waals surface area contributed by atoms with E-state index in [1.165, 1.54) is 6.92 Å². The van der Waals surface area contributed by atoms with Crippen molar-refractivity contribution in [2.45, 2.75) is 26.1 Å². The van der Waals surface area contributed by atoms with Gasteiger partial charge < -0.3 is 9.72 Å². The van der Waals surface area contributed by atoms with Gasteiger partial charge in [-0.05, 0) is 12.1 Å². The average molecular weight is 349 g/mol. The highest BCUT2D eigenvalue weighted by molar-refractivity contribution is 5.92. The van der Waals surface area contributed by atoms with Crippen LogP contribution >= 0.6 is 0 Å². The Hall–Kier alpha value is -2.90. The number of nitrogens with zero attached hydrogens (tertiary/aromatic N) is 2. The quantitative estimate of drug-likeness (QED) is 0.728. The second-order valence-corrected chi connectivity index (χ2v) is 5.49. The standard InChI is InChI=1S/C17H14F3N3O2/c1-10(24)25-9-11-5-6-21-8-13(11)12-3-2-4-14-16(12)23-15(22-14)7-17(18,19)20/h2-6,8H,7,9H2,1H3,(H,22,23). The molecule has 0 amide bonds. The molecule has 0 unspecified atom stereocenters. The Bertz CT molecular complexity index is 919. The fourth-order valence-corrected chi connectivity index (χ4v) is 2.55. The van der Waals surface area contributed by atoms with Crippen LogP contribution in [0.3, 0.4) is 0 Å². The summed E-state index contributed by atoms with van der Waals surface area (Å²) in [6.45, 7) is 1.35. The number of alkyl halides is 3. The van der Waals surface area contributed by atoms with Gasteiger partial charge in [-0.1, -0.05) is 12.1 Å². The molecule has 0 saturated heterocycles. The maximum atomic E-state index is 12.6. The minimum absolute atomic E-state index is 0.0450. The molecule has 0 bridgehead atoms. The Labute approximate surface area is 140 Å². The Balaban J connectivity index is 2.06. The number of hydrogen-bond donors (Lipinski definition) is 1. The number of rotatable bonds is 4. The molecule has 25 heavy (non-hydrogen) atoms. The zero-order valence-corrected chi connectivity index (χ0v) is 13.2. The van der Waals surface area contributed by atoms with Gasteiger partial charge in [0.2, 0.25) is 0 Å². The molecule has 130 valence electrons. The van der Waals surface area contributed by atoms with E-state index in [9.17, 15) is 18.0 Å². The Morgan fingerprint density at radius 3 is 2.76 bits per heavy atom. The maximum Gasteiger partial charge on any atom is 0.396 e. The Morgan fingerprint density at radius 1 is 1.24 bits per heavy atom. The lowest BCUT2D eigenvalue weighted by molar-refractivity contribution is -0.142. The van der Waals surface area contributed by atoms with Gasteiger partial charge in [0, 0.05) is 36.0 Å². The average Bonchev–Trinajstić information content (AvgIpc) is 2.93. The number of para-hydroxylation sites is 1. The van der Waals surface area contributed by atoms with Crippen molar-refractivity contribution in [1.29, 1.82) is 0 Å². The minimum Gasteiger partial charge on any atom is -0.461 e. The summed E-state index contributed by atoms with van der Waals surface area (Å²) < 4.78 is 42.9. The Kier molecular flexibility index (Phi) is 4.43.